The smallest absolute Gasteiger partial charge is 0.240 e. The summed E-state index contributed by atoms with van der Waals surface area (Å²) in [6, 6.07) is -0.0139. The number of amides is 1. The predicted molar refractivity (Wildman–Crippen MR) is 64.8 cm³/mol. The van der Waals surface area contributed by atoms with Crippen molar-refractivity contribution in [3.05, 3.63) is 0 Å². The standard InChI is InChI=1S/C13H24N2O/c1-8-11(16)15(9(2)14-8)7-10-12(3,4)13(10,5)6/h8-10,14H,7H2,1-6H3. The van der Waals surface area contributed by atoms with Gasteiger partial charge in [-0.3, -0.25) is 10.1 Å². The molecule has 0 aromatic rings. The Kier molecular flexibility index (Phi) is 2.40. The van der Waals surface area contributed by atoms with Crippen LogP contribution in [-0.4, -0.2) is 29.6 Å². The maximum Gasteiger partial charge on any atom is 0.240 e. The summed E-state index contributed by atoms with van der Waals surface area (Å²) in [5, 5.41) is 3.28. The van der Waals surface area contributed by atoms with Crippen molar-refractivity contribution in [2.75, 3.05) is 6.54 Å². The van der Waals surface area contributed by atoms with Gasteiger partial charge in [0.2, 0.25) is 5.91 Å². The Balaban J connectivity index is 2.05. The van der Waals surface area contributed by atoms with Crippen LogP contribution in [0.2, 0.25) is 0 Å². The van der Waals surface area contributed by atoms with Crippen molar-refractivity contribution in [1.82, 2.24) is 10.2 Å². The topological polar surface area (TPSA) is 32.3 Å². The van der Waals surface area contributed by atoms with E-state index in [2.05, 4.69) is 39.9 Å². The summed E-state index contributed by atoms with van der Waals surface area (Å²) in [6.45, 7) is 14.1. The fourth-order valence-electron chi connectivity index (χ4n) is 3.20. The molecule has 2 fully saturated rings. The van der Waals surface area contributed by atoms with E-state index in [1.807, 2.05) is 11.8 Å². The van der Waals surface area contributed by atoms with Crippen LogP contribution in [0.4, 0.5) is 0 Å². The molecule has 1 heterocycles. The fourth-order valence-corrected chi connectivity index (χ4v) is 3.20. The van der Waals surface area contributed by atoms with Gasteiger partial charge in [-0.2, -0.15) is 0 Å². The van der Waals surface area contributed by atoms with E-state index in [1.54, 1.807) is 0 Å². The molecule has 2 rings (SSSR count). The van der Waals surface area contributed by atoms with E-state index in [-0.39, 0.29) is 18.1 Å². The van der Waals surface area contributed by atoms with Crippen molar-refractivity contribution in [2.24, 2.45) is 16.7 Å². The Morgan fingerprint density at radius 2 is 1.69 bits per heavy atom. The molecule has 92 valence electrons. The highest BCUT2D eigenvalue weighted by molar-refractivity contribution is 5.83. The summed E-state index contributed by atoms with van der Waals surface area (Å²) in [5.74, 6) is 0.879. The molecule has 1 amide bonds. The number of nitrogens with zero attached hydrogens (tertiary/aromatic N) is 1. The molecule has 1 saturated heterocycles. The van der Waals surface area contributed by atoms with Crippen LogP contribution >= 0.6 is 0 Å². The number of carbonyl (C=O) groups excluding carboxylic acids is 1. The zero-order valence-corrected chi connectivity index (χ0v) is 11.3. The SMILES string of the molecule is CC1NC(C)N(CC2C(C)(C)C2(C)C)C1=O. The van der Waals surface area contributed by atoms with Gasteiger partial charge >= 0.3 is 0 Å². The van der Waals surface area contributed by atoms with Gasteiger partial charge in [-0.25, -0.2) is 0 Å². The molecule has 0 spiro atoms. The van der Waals surface area contributed by atoms with Crippen LogP contribution in [0.5, 0.6) is 0 Å². The monoisotopic (exact) mass is 224 g/mol. The average Bonchev–Trinajstić information content (AvgIpc) is 2.39. The molecule has 1 aliphatic heterocycles. The first-order valence-corrected chi connectivity index (χ1v) is 6.26. The summed E-state index contributed by atoms with van der Waals surface area (Å²) in [7, 11) is 0. The van der Waals surface area contributed by atoms with Crippen molar-refractivity contribution in [2.45, 2.75) is 53.8 Å². The summed E-state index contributed by atoms with van der Waals surface area (Å²) in [4.78, 5) is 14.0. The highest BCUT2D eigenvalue weighted by Crippen LogP contribution is 2.68. The molecular weight excluding hydrogens is 200 g/mol. The summed E-state index contributed by atoms with van der Waals surface area (Å²) in [6.07, 6.45) is 0.190. The van der Waals surface area contributed by atoms with Gasteiger partial charge < -0.3 is 4.90 Å². The summed E-state index contributed by atoms with van der Waals surface area (Å²) >= 11 is 0. The zero-order chi connectivity index (χ0) is 12.3. The number of hydrogen-bond acceptors (Lipinski definition) is 2. The third-order valence-corrected chi connectivity index (χ3v) is 5.31. The van der Waals surface area contributed by atoms with Crippen LogP contribution in [0, 0.1) is 16.7 Å². The van der Waals surface area contributed by atoms with Crippen LogP contribution in [-0.2, 0) is 4.79 Å². The van der Waals surface area contributed by atoms with Crippen molar-refractivity contribution >= 4 is 5.91 Å². The second-order valence-electron chi connectivity index (χ2n) is 6.55. The Morgan fingerprint density at radius 1 is 1.19 bits per heavy atom. The second kappa shape index (κ2) is 3.22. The predicted octanol–water partition coefficient (Wildman–Crippen LogP) is 1.83. The normalized spacial score (nSPS) is 36.9. The van der Waals surface area contributed by atoms with E-state index >= 15 is 0 Å². The Hall–Kier alpha value is -0.570. The second-order valence-corrected chi connectivity index (χ2v) is 6.55. The van der Waals surface area contributed by atoms with Gasteiger partial charge in [0.1, 0.15) is 0 Å². The maximum atomic E-state index is 12.0. The lowest BCUT2D eigenvalue weighted by Crippen LogP contribution is -2.37. The first-order valence-electron chi connectivity index (χ1n) is 6.26. The maximum absolute atomic E-state index is 12.0. The molecule has 3 heteroatoms. The molecule has 2 unspecified atom stereocenters. The molecule has 0 aromatic heterocycles. The zero-order valence-electron chi connectivity index (χ0n) is 11.3. The molecule has 0 aromatic carbocycles. The van der Waals surface area contributed by atoms with Crippen LogP contribution in [0.15, 0.2) is 0 Å². The Bertz CT molecular complexity index is 308. The van der Waals surface area contributed by atoms with Gasteiger partial charge in [0.15, 0.2) is 0 Å². The van der Waals surface area contributed by atoms with E-state index in [1.165, 1.54) is 0 Å². The minimum atomic E-state index is -0.0139. The van der Waals surface area contributed by atoms with Gasteiger partial charge in [-0.1, -0.05) is 27.7 Å². The minimum Gasteiger partial charge on any atom is -0.326 e. The number of rotatable bonds is 2. The van der Waals surface area contributed by atoms with Crippen LogP contribution in [0.25, 0.3) is 0 Å². The number of hydrogen-bond donors (Lipinski definition) is 1. The van der Waals surface area contributed by atoms with Gasteiger partial charge in [0, 0.05) is 6.54 Å². The quantitative estimate of drug-likeness (QED) is 0.776. The Morgan fingerprint density at radius 3 is 2.00 bits per heavy atom. The van der Waals surface area contributed by atoms with Crippen LogP contribution in [0.3, 0.4) is 0 Å². The molecule has 0 bridgehead atoms. The molecule has 1 aliphatic carbocycles. The lowest BCUT2D eigenvalue weighted by Gasteiger charge is -2.22. The number of nitrogens with one attached hydrogen (secondary N) is 1. The van der Waals surface area contributed by atoms with Crippen molar-refractivity contribution in [1.29, 1.82) is 0 Å². The molecular formula is C13H24N2O. The average molecular weight is 224 g/mol. The van der Waals surface area contributed by atoms with Gasteiger partial charge in [-0.05, 0) is 30.6 Å². The lowest BCUT2D eigenvalue weighted by molar-refractivity contribution is -0.129. The fraction of sp³-hybridized carbons (Fsp3) is 0.923. The molecule has 2 atom stereocenters. The van der Waals surface area contributed by atoms with E-state index in [9.17, 15) is 4.79 Å². The largest absolute Gasteiger partial charge is 0.326 e. The van der Waals surface area contributed by atoms with Crippen molar-refractivity contribution in [3.63, 3.8) is 0 Å². The third-order valence-electron chi connectivity index (χ3n) is 5.31. The van der Waals surface area contributed by atoms with E-state index in [4.69, 9.17) is 0 Å². The van der Waals surface area contributed by atoms with Gasteiger partial charge in [0.05, 0.1) is 12.2 Å². The van der Waals surface area contributed by atoms with E-state index < -0.39 is 0 Å². The molecule has 2 aliphatic rings. The number of carbonyl (C=O) groups is 1. The highest BCUT2D eigenvalue weighted by Gasteiger charge is 2.65. The van der Waals surface area contributed by atoms with E-state index in [0.717, 1.165) is 6.54 Å². The molecule has 1 saturated carbocycles. The summed E-state index contributed by atoms with van der Waals surface area (Å²) in [5.41, 5.74) is 0.720. The van der Waals surface area contributed by atoms with Gasteiger partial charge in [0.25, 0.3) is 0 Å². The van der Waals surface area contributed by atoms with Crippen LogP contribution < -0.4 is 5.32 Å². The minimum absolute atomic E-state index is 0.0139. The van der Waals surface area contributed by atoms with Crippen molar-refractivity contribution in [3.8, 4) is 0 Å². The molecule has 16 heavy (non-hydrogen) atoms. The molecule has 1 N–H and O–H groups in total. The lowest BCUT2D eigenvalue weighted by atomic mass is 10.0. The van der Waals surface area contributed by atoms with E-state index in [0.29, 0.717) is 16.7 Å². The summed E-state index contributed by atoms with van der Waals surface area (Å²) < 4.78 is 0. The molecule has 3 nitrogen and oxygen atoms in total. The Labute approximate surface area is 98.6 Å². The first-order chi connectivity index (χ1) is 7.19. The third kappa shape index (κ3) is 1.41. The first kappa shape index (κ1) is 11.9. The van der Waals surface area contributed by atoms with Crippen molar-refractivity contribution < 1.29 is 4.79 Å². The van der Waals surface area contributed by atoms with Crippen LogP contribution in [0.1, 0.15) is 41.5 Å². The molecule has 0 radical (unpaired) electrons. The highest BCUT2D eigenvalue weighted by atomic mass is 16.2. The van der Waals surface area contributed by atoms with Gasteiger partial charge in [-0.15, -0.1) is 0 Å².